The number of aliphatic hydroxyl groups excluding tert-OH is 1. The summed E-state index contributed by atoms with van der Waals surface area (Å²) in [6, 6.07) is 0.189. The Balaban J connectivity index is 1.58. The molecule has 26 heavy (non-hydrogen) atoms. The van der Waals surface area contributed by atoms with Gasteiger partial charge in [-0.05, 0) is 58.3 Å². The molecule has 1 unspecified atom stereocenters. The molecule has 2 aliphatic heterocycles. The van der Waals surface area contributed by atoms with Crippen molar-refractivity contribution in [3.8, 4) is 0 Å². The minimum Gasteiger partial charge on any atom is -0.393 e. The molecule has 1 aromatic rings. The molecule has 3 aliphatic rings. The van der Waals surface area contributed by atoms with Gasteiger partial charge in [0.15, 0.2) is 5.69 Å². The molecule has 0 aromatic carbocycles. The zero-order chi connectivity index (χ0) is 18.3. The molecule has 2 saturated heterocycles. The number of piperidine rings is 1. The normalized spacial score (nSPS) is 32.5. The lowest BCUT2D eigenvalue weighted by Crippen LogP contribution is -2.63. The van der Waals surface area contributed by atoms with Crippen LogP contribution >= 0.6 is 0 Å². The Labute approximate surface area is 152 Å². The van der Waals surface area contributed by atoms with E-state index in [1.807, 2.05) is 4.90 Å². The van der Waals surface area contributed by atoms with Crippen molar-refractivity contribution < 1.29 is 14.7 Å². The van der Waals surface area contributed by atoms with E-state index in [0.717, 1.165) is 57.9 Å². The molecule has 1 saturated carbocycles. The number of aryl methyl sites for hydroxylation is 1. The number of hydrogen-bond acceptors (Lipinski definition) is 5. The molecule has 3 fully saturated rings. The van der Waals surface area contributed by atoms with Gasteiger partial charge in [-0.2, -0.15) is 15.4 Å². The van der Waals surface area contributed by atoms with Crippen LogP contribution in [0.4, 0.5) is 0 Å². The number of rotatable bonds is 2. The van der Waals surface area contributed by atoms with Crippen molar-refractivity contribution in [2.45, 2.75) is 76.0 Å². The smallest absolute Gasteiger partial charge is 0.277 e. The largest absolute Gasteiger partial charge is 0.393 e. The van der Waals surface area contributed by atoms with E-state index in [-0.39, 0.29) is 24.0 Å². The fraction of sp³-hybridized carbons (Fsp3) is 0.778. The first-order valence-corrected chi connectivity index (χ1v) is 9.71. The van der Waals surface area contributed by atoms with E-state index in [0.29, 0.717) is 17.9 Å². The number of aromatic nitrogens is 3. The predicted molar refractivity (Wildman–Crippen MR) is 93.3 cm³/mol. The Morgan fingerprint density at radius 2 is 1.85 bits per heavy atom. The maximum atomic E-state index is 13.5. The minimum absolute atomic E-state index is 0.0946. The highest BCUT2D eigenvalue weighted by Gasteiger charge is 2.54. The monoisotopic (exact) mass is 361 g/mol. The summed E-state index contributed by atoms with van der Waals surface area (Å²) in [5, 5.41) is 20.2. The average Bonchev–Trinajstić information content (AvgIpc) is 3.25. The summed E-state index contributed by atoms with van der Waals surface area (Å²) in [6.07, 6.45) is 6.15. The van der Waals surface area contributed by atoms with Crippen molar-refractivity contribution in [3.05, 3.63) is 11.4 Å². The third-order valence-electron chi connectivity index (χ3n) is 6.41. The minimum atomic E-state index is -0.725. The fourth-order valence-electron chi connectivity index (χ4n) is 5.01. The van der Waals surface area contributed by atoms with E-state index in [1.54, 1.807) is 11.8 Å². The van der Waals surface area contributed by atoms with Gasteiger partial charge in [-0.15, -0.1) is 0 Å². The van der Waals surface area contributed by atoms with Gasteiger partial charge in [-0.1, -0.05) is 0 Å². The second-order valence-electron chi connectivity index (χ2n) is 7.91. The highest BCUT2D eigenvalue weighted by molar-refractivity contribution is 5.99. The lowest BCUT2D eigenvalue weighted by Gasteiger charge is -2.48. The number of amides is 2. The van der Waals surface area contributed by atoms with Gasteiger partial charge in [0, 0.05) is 19.1 Å². The summed E-state index contributed by atoms with van der Waals surface area (Å²) in [7, 11) is 0. The number of likely N-dealkylation sites (tertiary alicyclic amines) is 2. The number of nitrogens with one attached hydrogen (secondary N) is 1. The lowest BCUT2D eigenvalue weighted by atomic mass is 9.82. The first kappa shape index (κ1) is 17.5. The summed E-state index contributed by atoms with van der Waals surface area (Å²) < 4.78 is 0. The van der Waals surface area contributed by atoms with Crippen LogP contribution in [0.15, 0.2) is 0 Å². The molecule has 4 rings (SSSR count). The first-order valence-electron chi connectivity index (χ1n) is 9.71. The Bertz CT molecular complexity index is 697. The van der Waals surface area contributed by atoms with Gasteiger partial charge < -0.3 is 14.9 Å². The van der Waals surface area contributed by atoms with Crippen LogP contribution in [-0.4, -0.2) is 72.9 Å². The Kier molecular flexibility index (Phi) is 4.46. The van der Waals surface area contributed by atoms with Gasteiger partial charge in [-0.25, -0.2) is 0 Å². The fourth-order valence-corrected chi connectivity index (χ4v) is 5.01. The first-order chi connectivity index (χ1) is 12.5. The van der Waals surface area contributed by atoms with Crippen LogP contribution in [0, 0.1) is 6.92 Å². The number of aliphatic hydroxyl groups is 1. The van der Waals surface area contributed by atoms with E-state index in [4.69, 9.17) is 0 Å². The van der Waals surface area contributed by atoms with Crippen LogP contribution in [0.25, 0.3) is 0 Å². The molecular weight excluding hydrogens is 334 g/mol. The van der Waals surface area contributed by atoms with Crippen LogP contribution < -0.4 is 0 Å². The molecule has 2 amide bonds. The topological polar surface area (TPSA) is 102 Å². The Hall–Kier alpha value is -1.96. The van der Waals surface area contributed by atoms with Crippen LogP contribution in [0.2, 0.25) is 0 Å². The number of carbonyl (C=O) groups is 2. The van der Waals surface area contributed by atoms with Gasteiger partial charge in [0.25, 0.3) is 5.91 Å². The van der Waals surface area contributed by atoms with E-state index in [9.17, 15) is 14.7 Å². The zero-order valence-corrected chi connectivity index (χ0v) is 15.3. The molecule has 1 aliphatic carbocycles. The van der Waals surface area contributed by atoms with Crippen molar-refractivity contribution >= 4 is 11.8 Å². The lowest BCUT2D eigenvalue weighted by molar-refractivity contribution is -0.149. The molecule has 1 aromatic heterocycles. The molecule has 142 valence electrons. The van der Waals surface area contributed by atoms with Gasteiger partial charge in [0.2, 0.25) is 5.91 Å². The maximum Gasteiger partial charge on any atom is 0.277 e. The number of hydrogen-bond donors (Lipinski definition) is 2. The summed E-state index contributed by atoms with van der Waals surface area (Å²) in [4.78, 5) is 30.3. The van der Waals surface area contributed by atoms with Crippen LogP contribution in [0.1, 0.15) is 67.5 Å². The van der Waals surface area contributed by atoms with Crippen molar-refractivity contribution in [1.29, 1.82) is 0 Å². The molecule has 1 atom stereocenters. The average molecular weight is 361 g/mol. The summed E-state index contributed by atoms with van der Waals surface area (Å²) in [6.45, 7) is 3.10. The molecule has 0 bridgehead atoms. The van der Waals surface area contributed by atoms with E-state index >= 15 is 0 Å². The molecule has 8 heteroatoms. The number of H-pyrrole nitrogens is 1. The third kappa shape index (κ3) is 2.71. The number of nitrogens with zero attached hydrogens (tertiary/aromatic N) is 4. The van der Waals surface area contributed by atoms with Gasteiger partial charge in [0.1, 0.15) is 5.54 Å². The summed E-state index contributed by atoms with van der Waals surface area (Å²) in [5.41, 5.74) is 0.159. The second kappa shape index (κ2) is 6.64. The van der Waals surface area contributed by atoms with Crippen LogP contribution in [-0.2, 0) is 4.79 Å². The molecule has 3 heterocycles. The van der Waals surface area contributed by atoms with Crippen LogP contribution in [0.5, 0.6) is 0 Å². The van der Waals surface area contributed by atoms with E-state index in [2.05, 4.69) is 15.4 Å². The van der Waals surface area contributed by atoms with Gasteiger partial charge in [0.05, 0.1) is 11.8 Å². The Morgan fingerprint density at radius 3 is 2.50 bits per heavy atom. The van der Waals surface area contributed by atoms with Gasteiger partial charge >= 0.3 is 0 Å². The predicted octanol–water partition coefficient (Wildman–Crippen LogP) is 1.01. The number of carbonyl (C=O) groups excluding carboxylic acids is 2. The van der Waals surface area contributed by atoms with Crippen molar-refractivity contribution in [1.82, 2.24) is 25.2 Å². The third-order valence-corrected chi connectivity index (χ3v) is 6.41. The maximum absolute atomic E-state index is 13.5. The van der Waals surface area contributed by atoms with E-state index in [1.165, 1.54) is 0 Å². The van der Waals surface area contributed by atoms with Gasteiger partial charge in [-0.3, -0.25) is 9.59 Å². The molecule has 8 nitrogen and oxygen atoms in total. The Morgan fingerprint density at radius 1 is 1.15 bits per heavy atom. The highest BCUT2D eigenvalue weighted by Crippen LogP contribution is 2.41. The van der Waals surface area contributed by atoms with Crippen molar-refractivity contribution in [3.63, 3.8) is 0 Å². The number of aromatic amines is 1. The molecule has 0 radical (unpaired) electrons. The zero-order valence-electron chi connectivity index (χ0n) is 15.3. The van der Waals surface area contributed by atoms with E-state index < -0.39 is 5.54 Å². The highest BCUT2D eigenvalue weighted by atomic mass is 16.3. The summed E-state index contributed by atoms with van der Waals surface area (Å²) in [5.74, 6) is -0.0971. The SMILES string of the molecule is Cc1n[nH]nc1C(=O)N1CCCC12CCCN(C1CCC(O)CC1)C2=O. The van der Waals surface area contributed by atoms with Crippen molar-refractivity contribution in [2.24, 2.45) is 0 Å². The van der Waals surface area contributed by atoms with Crippen molar-refractivity contribution in [2.75, 3.05) is 13.1 Å². The quantitative estimate of drug-likeness (QED) is 0.818. The molecule has 1 spiro atoms. The second-order valence-corrected chi connectivity index (χ2v) is 7.91. The molecular formula is C18H27N5O3. The van der Waals surface area contributed by atoms with Crippen LogP contribution in [0.3, 0.4) is 0 Å². The molecule has 2 N–H and O–H groups in total. The summed E-state index contributed by atoms with van der Waals surface area (Å²) >= 11 is 0. The standard InChI is InChI=1S/C18H27N5O3/c1-12-15(20-21-19-12)16(25)23-11-3-9-18(23)8-2-10-22(17(18)26)13-4-6-14(24)7-5-13/h13-14,24H,2-11H2,1H3,(H,19,20,21).